The minimum absolute atomic E-state index is 0.0499. The van der Waals surface area contributed by atoms with Crippen molar-refractivity contribution >= 4 is 27.9 Å². The molecule has 0 aromatic carbocycles. The number of carboxylic acids is 1. The zero-order valence-electron chi connectivity index (χ0n) is 34.3. The molecule has 2 N–H and O–H groups in total. The lowest BCUT2D eigenvalue weighted by atomic mass is 9.32. The van der Waals surface area contributed by atoms with Crippen LogP contribution in [0.25, 0.3) is 0 Å². The molecule has 6 fully saturated rings. The summed E-state index contributed by atoms with van der Waals surface area (Å²) in [6.07, 6.45) is 13.8. The maximum Gasteiger partial charge on any atom is 0.309 e. The van der Waals surface area contributed by atoms with E-state index >= 15 is 0 Å². The highest BCUT2D eigenvalue weighted by Crippen LogP contribution is 2.78. The van der Waals surface area contributed by atoms with Crippen LogP contribution in [0.3, 0.4) is 0 Å². The van der Waals surface area contributed by atoms with Gasteiger partial charge < -0.3 is 14.7 Å². The first kappa shape index (κ1) is 40.7. The van der Waals surface area contributed by atoms with Crippen molar-refractivity contribution < 1.29 is 32.6 Å². The van der Waals surface area contributed by atoms with E-state index in [1.54, 1.807) is 13.8 Å². The molecule has 10 heteroatoms. The Kier molecular flexibility index (Phi) is 10.5. The van der Waals surface area contributed by atoms with Crippen molar-refractivity contribution in [2.24, 2.45) is 62.1 Å². The highest BCUT2D eigenvalue weighted by Gasteiger charge is 2.71. The number of carboxylic acid groups (broad SMARTS) is 1. The van der Waals surface area contributed by atoms with Crippen molar-refractivity contribution in [2.75, 3.05) is 19.3 Å². The first-order chi connectivity index (χ1) is 24.4. The van der Waals surface area contributed by atoms with E-state index in [2.05, 4.69) is 52.8 Å². The van der Waals surface area contributed by atoms with Gasteiger partial charge in [-0.1, -0.05) is 46.8 Å². The van der Waals surface area contributed by atoms with Crippen LogP contribution in [0.1, 0.15) is 145 Å². The molecule has 1 aliphatic heterocycles. The van der Waals surface area contributed by atoms with Gasteiger partial charge in [-0.05, 0) is 149 Å². The Morgan fingerprint density at radius 1 is 0.906 bits per heavy atom. The van der Waals surface area contributed by atoms with Gasteiger partial charge in [-0.15, -0.1) is 0 Å². The summed E-state index contributed by atoms with van der Waals surface area (Å²) >= 11 is 0. The van der Waals surface area contributed by atoms with Crippen molar-refractivity contribution in [1.82, 2.24) is 9.62 Å². The minimum Gasteiger partial charge on any atom is -0.481 e. The number of rotatable bonds is 10. The number of hydrogen-bond acceptors (Lipinski definition) is 6. The molecule has 6 aliphatic rings. The summed E-state index contributed by atoms with van der Waals surface area (Å²) in [5, 5.41) is 9.62. The molecule has 0 radical (unpaired) electrons. The summed E-state index contributed by atoms with van der Waals surface area (Å²) < 4.78 is 32.7. The Bertz CT molecular complexity index is 1610. The van der Waals surface area contributed by atoms with Crippen LogP contribution in [0.2, 0.25) is 0 Å². The van der Waals surface area contributed by atoms with Gasteiger partial charge in [-0.2, -0.15) is 0 Å². The number of aliphatic carboxylic acids is 1. The Labute approximate surface area is 320 Å². The molecule has 6 rings (SSSR count). The molecule has 0 bridgehead atoms. The Morgan fingerprint density at radius 2 is 1.60 bits per heavy atom. The normalized spacial score (nSPS) is 42.1. The van der Waals surface area contributed by atoms with Crippen molar-refractivity contribution in [1.29, 1.82) is 0 Å². The number of sulfonamides is 1. The predicted octanol–water partition coefficient (Wildman–Crippen LogP) is 7.99. The number of likely N-dealkylation sites (tertiary alicyclic amines) is 1. The van der Waals surface area contributed by atoms with Gasteiger partial charge in [0.05, 0.1) is 18.1 Å². The number of hydrogen-bond donors (Lipinski definition) is 2. The van der Waals surface area contributed by atoms with E-state index in [1.807, 2.05) is 4.90 Å². The summed E-state index contributed by atoms with van der Waals surface area (Å²) in [6, 6.07) is -0.0796. The SMILES string of the molecule is C=C(C)[C@@H]1CC[C@]2(CC(=O)N3CCC[C@@H]3CNS(C)(=O)=O)CC[C@]3(C)[C@H](CC[C@@H]4[C@@]5(C)CC[C@H](OC(=O)CC(C)(C)C(=O)O)C(C)(C)[C@@H]5CC[C@]43C)[C@@H]12. The number of fused-ring (bicyclic) bond motifs is 7. The van der Waals surface area contributed by atoms with E-state index in [-0.39, 0.29) is 51.5 Å². The summed E-state index contributed by atoms with van der Waals surface area (Å²) in [4.78, 5) is 41.2. The molecular weight excluding hydrogens is 689 g/mol. The van der Waals surface area contributed by atoms with Crippen molar-refractivity contribution in [2.45, 2.75) is 157 Å². The second-order valence-corrected chi connectivity index (χ2v) is 22.8. The summed E-state index contributed by atoms with van der Waals surface area (Å²) in [6.45, 7) is 23.3. The van der Waals surface area contributed by atoms with E-state index in [0.717, 1.165) is 70.6 Å². The van der Waals surface area contributed by atoms with Crippen LogP contribution in [0.15, 0.2) is 12.2 Å². The van der Waals surface area contributed by atoms with Crippen LogP contribution < -0.4 is 4.72 Å². The van der Waals surface area contributed by atoms with Gasteiger partial charge in [0.25, 0.3) is 0 Å². The molecule has 1 heterocycles. The standard InChI is InChI=1S/C43H70N2O7S/c1-27(2)29-15-20-43(24-34(46)45-23-11-12-28(45)26-44-53(10,50)51)22-21-41(8)30(36(29)43)13-14-32-40(7)18-17-33(52-35(47)25-38(3,4)37(48)49)39(5,6)31(40)16-19-42(32,41)9/h28-33,36,44H,1,11-26H2,2-10H3,(H,48,49)/t28-,29+,30-,31+,32-,33+,36-,40+,41-,42-,43-/m1/s1. The third-order valence-corrected chi connectivity index (χ3v) is 18.1. The minimum atomic E-state index is -3.33. The first-order valence-electron chi connectivity index (χ1n) is 20.7. The van der Waals surface area contributed by atoms with Gasteiger partial charge in [0.15, 0.2) is 0 Å². The van der Waals surface area contributed by atoms with Gasteiger partial charge >= 0.3 is 11.9 Å². The molecule has 53 heavy (non-hydrogen) atoms. The van der Waals surface area contributed by atoms with Gasteiger partial charge in [0.1, 0.15) is 6.10 Å². The Balaban J connectivity index is 1.23. The Morgan fingerprint density at radius 3 is 2.25 bits per heavy atom. The van der Waals surface area contributed by atoms with E-state index in [9.17, 15) is 27.9 Å². The van der Waals surface area contributed by atoms with Crippen LogP contribution >= 0.6 is 0 Å². The largest absolute Gasteiger partial charge is 0.481 e. The highest BCUT2D eigenvalue weighted by molar-refractivity contribution is 7.88. The maximum absolute atomic E-state index is 14.3. The third-order valence-electron chi connectivity index (χ3n) is 17.4. The van der Waals surface area contributed by atoms with Gasteiger partial charge in [-0.3, -0.25) is 14.4 Å². The topological polar surface area (TPSA) is 130 Å². The molecule has 1 saturated heterocycles. The molecule has 5 saturated carbocycles. The molecule has 0 aromatic heterocycles. The van der Waals surface area contributed by atoms with Gasteiger partial charge in [-0.25, -0.2) is 13.1 Å². The summed E-state index contributed by atoms with van der Waals surface area (Å²) in [7, 11) is -3.33. The Hall–Kier alpha value is -1.94. The molecular formula is C43H70N2O7S. The number of ether oxygens (including phenoxy) is 1. The lowest BCUT2D eigenvalue weighted by Crippen LogP contribution is -2.67. The first-order valence-corrected chi connectivity index (χ1v) is 22.6. The smallest absolute Gasteiger partial charge is 0.309 e. The van der Waals surface area contributed by atoms with Crippen molar-refractivity contribution in [3.63, 3.8) is 0 Å². The zero-order chi connectivity index (χ0) is 39.2. The molecule has 9 nitrogen and oxygen atoms in total. The number of nitrogens with zero attached hydrogens (tertiary/aromatic N) is 1. The predicted molar refractivity (Wildman–Crippen MR) is 207 cm³/mol. The monoisotopic (exact) mass is 758 g/mol. The molecule has 0 unspecified atom stereocenters. The van der Waals surface area contributed by atoms with Crippen LogP contribution in [0.4, 0.5) is 0 Å². The zero-order valence-corrected chi connectivity index (χ0v) is 35.1. The van der Waals surface area contributed by atoms with E-state index in [4.69, 9.17) is 4.74 Å². The van der Waals surface area contributed by atoms with Gasteiger partial charge in [0.2, 0.25) is 15.9 Å². The fourth-order valence-corrected chi connectivity index (χ4v) is 14.9. The summed E-state index contributed by atoms with van der Waals surface area (Å²) in [5.74, 6) is 1.09. The average Bonchev–Trinajstić information content (AvgIpc) is 3.67. The highest BCUT2D eigenvalue weighted by atomic mass is 32.2. The van der Waals surface area contributed by atoms with E-state index in [0.29, 0.717) is 49.1 Å². The number of esters is 1. The van der Waals surface area contributed by atoms with Crippen LogP contribution in [0, 0.1) is 62.1 Å². The third kappa shape index (κ3) is 6.73. The van der Waals surface area contributed by atoms with E-state index < -0.39 is 27.4 Å². The fraction of sp³-hybridized carbons (Fsp3) is 0.884. The molecule has 0 aromatic rings. The van der Waals surface area contributed by atoms with E-state index in [1.165, 1.54) is 18.2 Å². The second kappa shape index (κ2) is 13.6. The number of carbonyl (C=O) groups is 3. The van der Waals surface area contributed by atoms with Crippen LogP contribution in [-0.4, -0.2) is 67.8 Å². The van der Waals surface area contributed by atoms with Crippen LogP contribution in [0.5, 0.6) is 0 Å². The quantitative estimate of drug-likeness (QED) is 0.171. The summed E-state index contributed by atoms with van der Waals surface area (Å²) in [5.41, 5.74) is 0.198. The van der Waals surface area contributed by atoms with Crippen molar-refractivity contribution in [3.05, 3.63) is 12.2 Å². The van der Waals surface area contributed by atoms with Crippen molar-refractivity contribution in [3.8, 4) is 0 Å². The van der Waals surface area contributed by atoms with Gasteiger partial charge in [0, 0.05) is 31.0 Å². The lowest BCUT2D eigenvalue weighted by Gasteiger charge is -2.73. The molecule has 11 atom stereocenters. The van der Waals surface area contributed by atoms with Crippen LogP contribution in [-0.2, 0) is 29.1 Å². The number of allylic oxidation sites excluding steroid dienone is 1. The molecule has 1 amide bonds. The number of carbonyl (C=O) groups excluding carboxylic acids is 2. The molecule has 0 spiro atoms. The average molecular weight is 759 g/mol. The number of amides is 1. The molecule has 5 aliphatic carbocycles. The maximum atomic E-state index is 14.3. The number of nitrogens with one attached hydrogen (secondary N) is 1. The fourth-order valence-electron chi connectivity index (χ4n) is 14.4. The molecule has 300 valence electrons. The lowest BCUT2D eigenvalue weighted by molar-refractivity contribution is -0.250. The second-order valence-electron chi connectivity index (χ2n) is 20.9.